The summed E-state index contributed by atoms with van der Waals surface area (Å²) in [6, 6.07) is 13.0. The first-order valence-electron chi connectivity index (χ1n) is 8.04. The van der Waals surface area contributed by atoms with E-state index in [4.69, 9.17) is 5.73 Å². The van der Waals surface area contributed by atoms with Crippen molar-refractivity contribution < 1.29 is 22.8 Å². The highest BCUT2D eigenvalue weighted by molar-refractivity contribution is 5.87. The van der Waals surface area contributed by atoms with Crippen LogP contribution in [0.1, 0.15) is 23.1 Å². The molecule has 0 unspecified atom stereocenters. The van der Waals surface area contributed by atoms with Crippen molar-refractivity contribution in [1.29, 1.82) is 0 Å². The van der Waals surface area contributed by atoms with Crippen molar-refractivity contribution in [3.63, 3.8) is 0 Å². The summed E-state index contributed by atoms with van der Waals surface area (Å²) >= 11 is 0. The first kappa shape index (κ1) is 19.5. The van der Waals surface area contributed by atoms with Gasteiger partial charge in [0.2, 0.25) is 11.8 Å². The standard InChI is InChI=1S/C19H19F3N2O2/c20-19(21,22)15-8-4-7-14(11-15)12-17(25)24-16(18(23)26)10-9-13-5-2-1-3-6-13/h1-8,11,16H,9-10,12H2,(H2,23,26)(H,24,25)/t16-/m0/s1. The number of aryl methyl sites for hydroxylation is 1. The second kappa shape index (κ2) is 8.51. The molecule has 138 valence electrons. The molecule has 1 atom stereocenters. The minimum Gasteiger partial charge on any atom is -0.368 e. The molecule has 7 heteroatoms. The van der Waals surface area contributed by atoms with E-state index in [1.165, 1.54) is 12.1 Å². The van der Waals surface area contributed by atoms with Gasteiger partial charge in [-0.25, -0.2) is 0 Å². The van der Waals surface area contributed by atoms with E-state index in [1.54, 1.807) is 0 Å². The van der Waals surface area contributed by atoms with E-state index < -0.39 is 29.6 Å². The first-order chi connectivity index (χ1) is 12.3. The Kier molecular flexibility index (Phi) is 6.38. The van der Waals surface area contributed by atoms with Gasteiger partial charge in [0, 0.05) is 0 Å². The third-order valence-corrected chi connectivity index (χ3v) is 3.86. The van der Waals surface area contributed by atoms with Crippen molar-refractivity contribution in [1.82, 2.24) is 5.32 Å². The first-order valence-corrected chi connectivity index (χ1v) is 8.04. The molecule has 0 aliphatic carbocycles. The Morgan fingerprint density at radius 3 is 2.27 bits per heavy atom. The normalized spacial score (nSPS) is 12.4. The van der Waals surface area contributed by atoms with Crippen LogP contribution in [-0.2, 0) is 28.6 Å². The molecule has 2 rings (SSSR count). The Bertz CT molecular complexity index is 761. The number of amides is 2. The highest BCUT2D eigenvalue weighted by Crippen LogP contribution is 2.29. The van der Waals surface area contributed by atoms with Gasteiger partial charge in [0.25, 0.3) is 0 Å². The zero-order chi connectivity index (χ0) is 19.2. The van der Waals surface area contributed by atoms with Crippen LogP contribution in [0.3, 0.4) is 0 Å². The lowest BCUT2D eigenvalue weighted by molar-refractivity contribution is -0.137. The number of primary amides is 1. The minimum atomic E-state index is -4.47. The lowest BCUT2D eigenvalue weighted by Crippen LogP contribution is -2.45. The molecule has 0 bridgehead atoms. The monoisotopic (exact) mass is 364 g/mol. The number of rotatable bonds is 7. The molecular formula is C19H19F3N2O2. The Labute approximate surface area is 149 Å². The van der Waals surface area contributed by atoms with E-state index in [2.05, 4.69) is 5.32 Å². The maximum atomic E-state index is 12.7. The fourth-order valence-corrected chi connectivity index (χ4v) is 2.53. The number of hydrogen-bond acceptors (Lipinski definition) is 2. The Balaban J connectivity index is 1.96. The van der Waals surface area contributed by atoms with Crippen molar-refractivity contribution in [2.45, 2.75) is 31.5 Å². The number of alkyl halides is 3. The van der Waals surface area contributed by atoms with Gasteiger partial charge in [-0.05, 0) is 30.0 Å². The molecule has 0 spiro atoms. The summed E-state index contributed by atoms with van der Waals surface area (Å²) in [7, 11) is 0. The molecule has 0 saturated carbocycles. The van der Waals surface area contributed by atoms with E-state index in [-0.39, 0.29) is 12.0 Å². The van der Waals surface area contributed by atoms with Gasteiger partial charge in [-0.15, -0.1) is 0 Å². The van der Waals surface area contributed by atoms with Crippen LogP contribution in [0.15, 0.2) is 54.6 Å². The summed E-state index contributed by atoms with van der Waals surface area (Å²) in [5.74, 6) is -1.24. The molecule has 4 nitrogen and oxygen atoms in total. The maximum absolute atomic E-state index is 12.7. The van der Waals surface area contributed by atoms with Crippen LogP contribution in [0.2, 0.25) is 0 Å². The lowest BCUT2D eigenvalue weighted by Gasteiger charge is -2.16. The van der Waals surface area contributed by atoms with E-state index >= 15 is 0 Å². The minimum absolute atomic E-state index is 0.212. The maximum Gasteiger partial charge on any atom is 0.416 e. The zero-order valence-electron chi connectivity index (χ0n) is 13.9. The smallest absolute Gasteiger partial charge is 0.368 e. The molecule has 0 aliphatic heterocycles. The van der Waals surface area contributed by atoms with Crippen LogP contribution in [0.25, 0.3) is 0 Å². The molecule has 2 amide bonds. The van der Waals surface area contributed by atoms with Gasteiger partial charge in [-0.1, -0.05) is 48.5 Å². The second-order valence-electron chi connectivity index (χ2n) is 5.92. The molecule has 0 heterocycles. The highest BCUT2D eigenvalue weighted by atomic mass is 19.4. The largest absolute Gasteiger partial charge is 0.416 e. The topological polar surface area (TPSA) is 72.2 Å². The Morgan fingerprint density at radius 1 is 1.00 bits per heavy atom. The summed E-state index contributed by atoms with van der Waals surface area (Å²) in [6.45, 7) is 0. The molecule has 0 aromatic heterocycles. The molecule has 2 aromatic carbocycles. The number of nitrogens with one attached hydrogen (secondary N) is 1. The second-order valence-corrected chi connectivity index (χ2v) is 5.92. The van der Waals surface area contributed by atoms with E-state index in [0.29, 0.717) is 12.8 Å². The van der Waals surface area contributed by atoms with Gasteiger partial charge in [0.05, 0.1) is 12.0 Å². The fourth-order valence-electron chi connectivity index (χ4n) is 2.53. The van der Waals surface area contributed by atoms with Gasteiger partial charge in [-0.3, -0.25) is 9.59 Å². The number of carbonyl (C=O) groups excluding carboxylic acids is 2. The van der Waals surface area contributed by atoms with Crippen molar-refractivity contribution in [3.05, 3.63) is 71.3 Å². The molecule has 0 radical (unpaired) electrons. The average molecular weight is 364 g/mol. The number of nitrogens with two attached hydrogens (primary N) is 1. The van der Waals surface area contributed by atoms with Crippen LogP contribution in [0.4, 0.5) is 13.2 Å². The number of hydrogen-bond donors (Lipinski definition) is 2. The van der Waals surface area contributed by atoms with Crippen molar-refractivity contribution in [2.24, 2.45) is 5.73 Å². The molecule has 2 aromatic rings. The van der Waals surface area contributed by atoms with Crippen LogP contribution in [0, 0.1) is 0 Å². The molecule has 0 saturated heterocycles. The number of benzene rings is 2. The Morgan fingerprint density at radius 2 is 1.65 bits per heavy atom. The summed E-state index contributed by atoms with van der Waals surface area (Å²) in [6.07, 6.45) is -3.89. The third-order valence-electron chi connectivity index (χ3n) is 3.86. The third kappa shape index (κ3) is 5.91. The van der Waals surface area contributed by atoms with Gasteiger partial charge in [-0.2, -0.15) is 13.2 Å². The van der Waals surface area contributed by atoms with E-state index in [1.807, 2.05) is 30.3 Å². The lowest BCUT2D eigenvalue weighted by atomic mass is 10.0. The number of carbonyl (C=O) groups is 2. The van der Waals surface area contributed by atoms with Crippen molar-refractivity contribution >= 4 is 11.8 Å². The van der Waals surface area contributed by atoms with Gasteiger partial charge in [0.1, 0.15) is 6.04 Å². The molecular weight excluding hydrogens is 345 g/mol. The predicted octanol–water partition coefficient (Wildman–Crippen LogP) is 2.85. The molecule has 0 aliphatic rings. The van der Waals surface area contributed by atoms with Crippen LogP contribution in [0.5, 0.6) is 0 Å². The fraction of sp³-hybridized carbons (Fsp3) is 0.263. The van der Waals surface area contributed by atoms with Crippen LogP contribution >= 0.6 is 0 Å². The summed E-state index contributed by atoms with van der Waals surface area (Å²) < 4.78 is 38.2. The number of halogens is 3. The van der Waals surface area contributed by atoms with Crippen molar-refractivity contribution in [2.75, 3.05) is 0 Å². The molecule has 26 heavy (non-hydrogen) atoms. The Hall–Kier alpha value is -2.83. The van der Waals surface area contributed by atoms with E-state index in [0.717, 1.165) is 17.7 Å². The zero-order valence-corrected chi connectivity index (χ0v) is 13.9. The highest BCUT2D eigenvalue weighted by Gasteiger charge is 2.30. The van der Waals surface area contributed by atoms with Crippen molar-refractivity contribution in [3.8, 4) is 0 Å². The van der Waals surface area contributed by atoms with Crippen LogP contribution in [-0.4, -0.2) is 17.9 Å². The predicted molar refractivity (Wildman–Crippen MR) is 91.0 cm³/mol. The molecule has 3 N–H and O–H groups in total. The van der Waals surface area contributed by atoms with Gasteiger partial charge in [0.15, 0.2) is 0 Å². The van der Waals surface area contributed by atoms with Crippen LogP contribution < -0.4 is 11.1 Å². The summed E-state index contributed by atoms with van der Waals surface area (Å²) in [4.78, 5) is 23.7. The summed E-state index contributed by atoms with van der Waals surface area (Å²) in [5.41, 5.74) is 5.70. The summed E-state index contributed by atoms with van der Waals surface area (Å²) in [5, 5.41) is 2.50. The molecule has 0 fully saturated rings. The average Bonchev–Trinajstić information content (AvgIpc) is 2.58. The van der Waals surface area contributed by atoms with Gasteiger partial charge < -0.3 is 11.1 Å². The van der Waals surface area contributed by atoms with E-state index in [9.17, 15) is 22.8 Å². The quantitative estimate of drug-likeness (QED) is 0.793. The van der Waals surface area contributed by atoms with Gasteiger partial charge >= 0.3 is 6.18 Å². The SMILES string of the molecule is NC(=O)[C@H](CCc1ccccc1)NC(=O)Cc1cccc(C(F)(F)F)c1.